The molecule has 0 bridgehead atoms. The van der Waals surface area contributed by atoms with Gasteiger partial charge >= 0.3 is 0 Å². The Hall–Kier alpha value is -1.15. The molecule has 0 aromatic heterocycles. The molecule has 80 valence electrons. The van der Waals surface area contributed by atoms with Gasteiger partial charge < -0.3 is 5.11 Å². The molecule has 1 N–H and O–H groups in total. The van der Waals surface area contributed by atoms with E-state index in [1.54, 1.807) is 12.2 Å². The van der Waals surface area contributed by atoms with E-state index in [2.05, 4.69) is 6.58 Å². The Bertz CT molecular complexity index is 378. The average molecular weight is 204 g/mol. The molecule has 15 heavy (non-hydrogen) atoms. The highest BCUT2D eigenvalue weighted by molar-refractivity contribution is 5.92. The molecule has 0 heterocycles. The molecule has 0 aromatic carbocycles. The average Bonchev–Trinajstić information content (AvgIpc) is 2.22. The standard InChI is InChI=1S/C13H16O2/c1-3-13(15)7-4-5-10-9-11(14)6-8-12(10,13)2/h3-5,9,15H,1,6-8H2,2H3. The first kappa shape index (κ1) is 10.4. The number of rotatable bonds is 1. The fraction of sp³-hybridized carbons (Fsp3) is 0.462. The van der Waals surface area contributed by atoms with Gasteiger partial charge in [0.15, 0.2) is 5.78 Å². The molecule has 2 aliphatic carbocycles. The number of carbonyl (C=O) groups excluding carboxylic acids is 1. The number of aliphatic hydroxyl groups is 1. The first-order chi connectivity index (χ1) is 7.02. The van der Waals surface area contributed by atoms with Crippen LogP contribution in [0.2, 0.25) is 0 Å². The smallest absolute Gasteiger partial charge is 0.156 e. The van der Waals surface area contributed by atoms with E-state index in [1.165, 1.54) is 0 Å². The third kappa shape index (κ3) is 1.32. The van der Waals surface area contributed by atoms with Gasteiger partial charge in [-0.25, -0.2) is 0 Å². The zero-order valence-corrected chi connectivity index (χ0v) is 8.99. The molecule has 0 saturated carbocycles. The Labute approximate surface area is 90.0 Å². The van der Waals surface area contributed by atoms with Crippen molar-refractivity contribution in [2.75, 3.05) is 0 Å². The number of ketones is 1. The number of fused-ring (bicyclic) bond motifs is 1. The highest BCUT2D eigenvalue weighted by Crippen LogP contribution is 2.50. The molecule has 0 saturated heterocycles. The SMILES string of the molecule is C=CC1(O)CC=CC2=CC(=O)CCC21C. The van der Waals surface area contributed by atoms with Crippen molar-refractivity contribution in [1.29, 1.82) is 0 Å². The highest BCUT2D eigenvalue weighted by Gasteiger charge is 2.49. The van der Waals surface area contributed by atoms with E-state index >= 15 is 0 Å². The topological polar surface area (TPSA) is 37.3 Å². The number of hydrogen-bond donors (Lipinski definition) is 1. The predicted octanol–water partition coefficient (Wildman–Crippen LogP) is 2.16. The Balaban J connectivity index is 2.54. The van der Waals surface area contributed by atoms with E-state index in [1.807, 2.05) is 19.1 Å². The van der Waals surface area contributed by atoms with Crippen LogP contribution in [0, 0.1) is 5.41 Å². The molecule has 0 radical (unpaired) electrons. The van der Waals surface area contributed by atoms with Crippen molar-refractivity contribution in [2.24, 2.45) is 5.41 Å². The molecule has 2 nitrogen and oxygen atoms in total. The van der Waals surface area contributed by atoms with Crippen molar-refractivity contribution < 1.29 is 9.90 Å². The molecule has 2 unspecified atom stereocenters. The third-order valence-corrected chi connectivity index (χ3v) is 3.84. The lowest BCUT2D eigenvalue weighted by Gasteiger charge is -2.47. The lowest BCUT2D eigenvalue weighted by molar-refractivity contribution is -0.117. The van der Waals surface area contributed by atoms with Crippen LogP contribution in [0.1, 0.15) is 26.2 Å². The van der Waals surface area contributed by atoms with Gasteiger partial charge in [0.05, 0.1) is 5.60 Å². The van der Waals surface area contributed by atoms with E-state index in [4.69, 9.17) is 0 Å². The Morgan fingerprint density at radius 1 is 1.60 bits per heavy atom. The zero-order chi connectivity index (χ0) is 11.1. The summed E-state index contributed by atoms with van der Waals surface area (Å²) in [4.78, 5) is 11.3. The van der Waals surface area contributed by atoms with Crippen LogP contribution in [0.25, 0.3) is 0 Å². The van der Waals surface area contributed by atoms with Gasteiger partial charge in [0.2, 0.25) is 0 Å². The van der Waals surface area contributed by atoms with Gasteiger partial charge in [-0.2, -0.15) is 0 Å². The van der Waals surface area contributed by atoms with Crippen molar-refractivity contribution in [3.8, 4) is 0 Å². The van der Waals surface area contributed by atoms with Crippen molar-refractivity contribution in [3.63, 3.8) is 0 Å². The molecule has 0 fully saturated rings. The monoisotopic (exact) mass is 204 g/mol. The third-order valence-electron chi connectivity index (χ3n) is 3.84. The minimum absolute atomic E-state index is 0.153. The fourth-order valence-electron chi connectivity index (χ4n) is 2.52. The minimum Gasteiger partial charge on any atom is -0.385 e. The maximum atomic E-state index is 11.3. The van der Waals surface area contributed by atoms with Gasteiger partial charge in [-0.1, -0.05) is 25.2 Å². The Morgan fingerprint density at radius 3 is 3.00 bits per heavy atom. The van der Waals surface area contributed by atoms with Gasteiger partial charge in [-0.3, -0.25) is 4.79 Å². The van der Waals surface area contributed by atoms with Crippen molar-refractivity contribution in [3.05, 3.63) is 36.5 Å². The quantitative estimate of drug-likeness (QED) is 0.664. The predicted molar refractivity (Wildman–Crippen MR) is 59.3 cm³/mol. The maximum absolute atomic E-state index is 11.3. The maximum Gasteiger partial charge on any atom is 0.156 e. The molecule has 2 atom stereocenters. The number of hydrogen-bond acceptors (Lipinski definition) is 2. The van der Waals surface area contributed by atoms with Gasteiger partial charge in [0.25, 0.3) is 0 Å². The minimum atomic E-state index is -0.908. The van der Waals surface area contributed by atoms with Gasteiger partial charge in [-0.15, -0.1) is 6.58 Å². The molecule has 0 aromatic rings. The van der Waals surface area contributed by atoms with Crippen LogP contribution in [0.5, 0.6) is 0 Å². The molecular weight excluding hydrogens is 188 g/mol. The number of allylic oxidation sites excluding steroid dienone is 2. The molecule has 2 rings (SSSR count). The van der Waals surface area contributed by atoms with Gasteiger partial charge in [-0.05, 0) is 24.5 Å². The second-order valence-corrected chi connectivity index (χ2v) is 4.63. The normalized spacial score (nSPS) is 39.6. The van der Waals surface area contributed by atoms with E-state index in [0.29, 0.717) is 19.3 Å². The summed E-state index contributed by atoms with van der Waals surface area (Å²) >= 11 is 0. The summed E-state index contributed by atoms with van der Waals surface area (Å²) in [5.41, 5.74) is -0.321. The number of carbonyl (C=O) groups is 1. The van der Waals surface area contributed by atoms with Crippen molar-refractivity contribution >= 4 is 5.78 Å². The molecular formula is C13H16O2. The summed E-state index contributed by atoms with van der Waals surface area (Å²) < 4.78 is 0. The molecule has 2 heteroatoms. The van der Waals surface area contributed by atoms with Crippen LogP contribution >= 0.6 is 0 Å². The Morgan fingerprint density at radius 2 is 2.33 bits per heavy atom. The van der Waals surface area contributed by atoms with Gasteiger partial charge in [0.1, 0.15) is 0 Å². The second kappa shape index (κ2) is 3.17. The van der Waals surface area contributed by atoms with E-state index in [-0.39, 0.29) is 11.2 Å². The van der Waals surface area contributed by atoms with Crippen LogP contribution in [-0.2, 0) is 4.79 Å². The zero-order valence-electron chi connectivity index (χ0n) is 8.99. The largest absolute Gasteiger partial charge is 0.385 e. The summed E-state index contributed by atoms with van der Waals surface area (Å²) in [7, 11) is 0. The van der Waals surface area contributed by atoms with Crippen molar-refractivity contribution in [2.45, 2.75) is 31.8 Å². The van der Waals surface area contributed by atoms with Crippen LogP contribution in [0.4, 0.5) is 0 Å². The summed E-state index contributed by atoms with van der Waals surface area (Å²) in [6.07, 6.45) is 8.93. The van der Waals surface area contributed by atoms with E-state index in [9.17, 15) is 9.90 Å². The Kier molecular flexibility index (Phi) is 2.19. The highest BCUT2D eigenvalue weighted by atomic mass is 16.3. The van der Waals surface area contributed by atoms with Crippen LogP contribution in [-0.4, -0.2) is 16.5 Å². The molecule has 0 spiro atoms. The summed E-state index contributed by atoms with van der Waals surface area (Å²) in [6.45, 7) is 5.73. The molecule has 2 aliphatic rings. The van der Waals surface area contributed by atoms with Crippen LogP contribution < -0.4 is 0 Å². The lowest BCUT2D eigenvalue weighted by Crippen LogP contribution is -2.48. The first-order valence-electron chi connectivity index (χ1n) is 5.29. The summed E-state index contributed by atoms with van der Waals surface area (Å²) in [6, 6.07) is 0. The summed E-state index contributed by atoms with van der Waals surface area (Å²) in [5.74, 6) is 0.153. The second-order valence-electron chi connectivity index (χ2n) is 4.63. The van der Waals surface area contributed by atoms with Crippen LogP contribution in [0.15, 0.2) is 36.5 Å². The van der Waals surface area contributed by atoms with E-state index < -0.39 is 5.60 Å². The first-order valence-corrected chi connectivity index (χ1v) is 5.29. The summed E-state index contributed by atoms with van der Waals surface area (Å²) in [5, 5.41) is 10.5. The lowest BCUT2D eigenvalue weighted by atomic mass is 9.59. The van der Waals surface area contributed by atoms with Gasteiger partial charge in [0, 0.05) is 11.8 Å². The van der Waals surface area contributed by atoms with Crippen LogP contribution in [0.3, 0.4) is 0 Å². The molecule has 0 amide bonds. The van der Waals surface area contributed by atoms with Crippen molar-refractivity contribution in [1.82, 2.24) is 0 Å². The molecule has 0 aliphatic heterocycles. The van der Waals surface area contributed by atoms with E-state index in [0.717, 1.165) is 5.57 Å². The fourth-order valence-corrected chi connectivity index (χ4v) is 2.52.